The summed E-state index contributed by atoms with van der Waals surface area (Å²) in [6.45, 7) is 3.98. The van der Waals surface area contributed by atoms with E-state index in [4.69, 9.17) is 4.74 Å². The lowest BCUT2D eigenvalue weighted by atomic mass is 10.2. The minimum atomic E-state index is -0.0757. The van der Waals surface area contributed by atoms with Crippen molar-refractivity contribution in [3.05, 3.63) is 58.0 Å². The summed E-state index contributed by atoms with van der Waals surface area (Å²) in [4.78, 5) is 11.9. The fourth-order valence-corrected chi connectivity index (χ4v) is 1.86. The van der Waals surface area contributed by atoms with Gasteiger partial charge in [-0.2, -0.15) is 0 Å². The van der Waals surface area contributed by atoms with E-state index in [0.717, 1.165) is 23.4 Å². The summed E-state index contributed by atoms with van der Waals surface area (Å²) < 4.78 is 7.61. The zero-order valence-corrected chi connectivity index (χ0v) is 10.9. The second-order valence-electron chi connectivity index (χ2n) is 4.33. The van der Waals surface area contributed by atoms with Gasteiger partial charge in [-0.1, -0.05) is 25.1 Å². The molecule has 3 heteroatoms. The molecular weight excluding hydrogens is 226 g/mol. The molecule has 0 radical (unpaired) electrons. The number of hydrogen-bond donors (Lipinski definition) is 0. The van der Waals surface area contributed by atoms with Gasteiger partial charge >= 0.3 is 0 Å². The maximum Gasteiger partial charge on any atom is 0.224 e. The smallest absolute Gasteiger partial charge is 0.224 e. The van der Waals surface area contributed by atoms with Crippen molar-refractivity contribution >= 4 is 0 Å². The third kappa shape index (κ3) is 2.45. The monoisotopic (exact) mass is 243 g/mol. The van der Waals surface area contributed by atoms with Crippen LogP contribution in [-0.2, 0) is 13.5 Å². The van der Waals surface area contributed by atoms with Crippen LogP contribution in [0.25, 0.3) is 0 Å². The molecule has 0 atom stereocenters. The van der Waals surface area contributed by atoms with Crippen molar-refractivity contribution in [3.8, 4) is 11.5 Å². The van der Waals surface area contributed by atoms with Crippen LogP contribution >= 0.6 is 0 Å². The van der Waals surface area contributed by atoms with Gasteiger partial charge in [0, 0.05) is 18.8 Å². The van der Waals surface area contributed by atoms with Gasteiger partial charge in [-0.25, -0.2) is 0 Å². The molecule has 1 aromatic carbocycles. The molecule has 0 spiro atoms. The maximum atomic E-state index is 11.9. The highest BCUT2D eigenvalue weighted by atomic mass is 16.5. The molecule has 18 heavy (non-hydrogen) atoms. The number of nitrogens with zero attached hydrogens (tertiary/aromatic N) is 1. The summed E-state index contributed by atoms with van der Waals surface area (Å²) in [6.07, 6.45) is 2.57. The molecular formula is C15H17NO2. The van der Waals surface area contributed by atoms with E-state index >= 15 is 0 Å². The van der Waals surface area contributed by atoms with E-state index in [1.165, 1.54) is 0 Å². The SMILES string of the molecule is CCc1cc(=O)c(Oc2ccccc2C)cn1C. The van der Waals surface area contributed by atoms with Crippen molar-refractivity contribution in [3.63, 3.8) is 0 Å². The van der Waals surface area contributed by atoms with Gasteiger partial charge in [-0.3, -0.25) is 4.79 Å². The van der Waals surface area contributed by atoms with E-state index in [2.05, 4.69) is 0 Å². The Morgan fingerprint density at radius 3 is 2.61 bits per heavy atom. The number of hydrogen-bond acceptors (Lipinski definition) is 2. The normalized spacial score (nSPS) is 10.4. The largest absolute Gasteiger partial charge is 0.451 e. The van der Waals surface area contributed by atoms with Crippen LogP contribution in [0.5, 0.6) is 11.5 Å². The van der Waals surface area contributed by atoms with Gasteiger partial charge in [0.2, 0.25) is 5.43 Å². The molecule has 0 aliphatic heterocycles. The Kier molecular flexibility index (Phi) is 3.51. The number of benzene rings is 1. The van der Waals surface area contributed by atoms with Crippen molar-refractivity contribution in [2.24, 2.45) is 7.05 Å². The molecule has 0 N–H and O–H groups in total. The molecule has 2 aromatic rings. The van der Waals surface area contributed by atoms with Gasteiger partial charge in [0.25, 0.3) is 0 Å². The van der Waals surface area contributed by atoms with E-state index in [1.54, 1.807) is 12.3 Å². The zero-order valence-electron chi connectivity index (χ0n) is 10.9. The maximum absolute atomic E-state index is 11.9. The van der Waals surface area contributed by atoms with Crippen LogP contribution in [0.15, 0.2) is 41.3 Å². The van der Waals surface area contributed by atoms with E-state index in [1.807, 2.05) is 49.7 Å². The predicted octanol–water partition coefficient (Wildman–Crippen LogP) is 3.05. The Morgan fingerprint density at radius 2 is 1.94 bits per heavy atom. The van der Waals surface area contributed by atoms with Gasteiger partial charge in [0.05, 0.1) is 6.20 Å². The molecule has 0 aliphatic carbocycles. The molecule has 94 valence electrons. The molecule has 0 saturated heterocycles. The topological polar surface area (TPSA) is 31.2 Å². The molecule has 1 aromatic heterocycles. The summed E-state index contributed by atoms with van der Waals surface area (Å²) in [6, 6.07) is 9.30. The third-order valence-corrected chi connectivity index (χ3v) is 2.98. The highest BCUT2D eigenvalue weighted by molar-refractivity contribution is 5.36. The van der Waals surface area contributed by atoms with Crippen LogP contribution in [0.3, 0.4) is 0 Å². The van der Waals surface area contributed by atoms with Crippen molar-refractivity contribution in [1.82, 2.24) is 4.57 Å². The molecule has 0 aliphatic rings. The lowest BCUT2D eigenvalue weighted by molar-refractivity contribution is 0.467. The fourth-order valence-electron chi connectivity index (χ4n) is 1.86. The highest BCUT2D eigenvalue weighted by Crippen LogP contribution is 2.22. The van der Waals surface area contributed by atoms with Crippen molar-refractivity contribution in [1.29, 1.82) is 0 Å². The number of ether oxygens (including phenoxy) is 1. The molecule has 3 nitrogen and oxygen atoms in total. The molecule has 0 fully saturated rings. The summed E-state index contributed by atoms with van der Waals surface area (Å²) in [5, 5.41) is 0. The predicted molar refractivity (Wildman–Crippen MR) is 72.3 cm³/mol. The molecule has 2 rings (SSSR count). The lowest BCUT2D eigenvalue weighted by Crippen LogP contribution is -2.11. The minimum absolute atomic E-state index is 0.0757. The zero-order chi connectivity index (χ0) is 13.1. The van der Waals surface area contributed by atoms with Crippen molar-refractivity contribution < 1.29 is 4.74 Å². The molecule has 1 heterocycles. The van der Waals surface area contributed by atoms with Gasteiger partial charge in [-0.05, 0) is 25.0 Å². The van der Waals surface area contributed by atoms with Gasteiger partial charge in [0.1, 0.15) is 5.75 Å². The van der Waals surface area contributed by atoms with E-state index in [9.17, 15) is 4.79 Å². The van der Waals surface area contributed by atoms with Crippen LogP contribution in [0.1, 0.15) is 18.2 Å². The average molecular weight is 243 g/mol. The Labute approximate surface area is 107 Å². The second kappa shape index (κ2) is 5.08. The Morgan fingerprint density at radius 1 is 1.22 bits per heavy atom. The first kappa shape index (κ1) is 12.4. The first-order valence-corrected chi connectivity index (χ1v) is 6.05. The van der Waals surface area contributed by atoms with Crippen LogP contribution in [0, 0.1) is 6.92 Å². The first-order valence-electron chi connectivity index (χ1n) is 6.05. The number of rotatable bonds is 3. The minimum Gasteiger partial charge on any atom is -0.451 e. The number of aromatic nitrogens is 1. The number of para-hydroxylation sites is 1. The van der Waals surface area contributed by atoms with E-state index < -0.39 is 0 Å². The van der Waals surface area contributed by atoms with Crippen molar-refractivity contribution in [2.45, 2.75) is 20.3 Å². The van der Waals surface area contributed by atoms with Crippen molar-refractivity contribution in [2.75, 3.05) is 0 Å². The molecule has 0 amide bonds. The van der Waals surface area contributed by atoms with Crippen LogP contribution in [0.4, 0.5) is 0 Å². The summed E-state index contributed by atoms with van der Waals surface area (Å²) >= 11 is 0. The molecule has 0 unspecified atom stereocenters. The van der Waals surface area contributed by atoms with Gasteiger partial charge < -0.3 is 9.30 Å². The molecule has 0 saturated carbocycles. The first-order chi connectivity index (χ1) is 8.61. The van der Waals surface area contributed by atoms with Gasteiger partial charge in [-0.15, -0.1) is 0 Å². The van der Waals surface area contributed by atoms with Crippen LogP contribution in [-0.4, -0.2) is 4.57 Å². The van der Waals surface area contributed by atoms with Crippen LogP contribution in [0.2, 0.25) is 0 Å². The fraction of sp³-hybridized carbons (Fsp3) is 0.267. The summed E-state index contributed by atoms with van der Waals surface area (Å²) in [5.74, 6) is 1.09. The second-order valence-corrected chi connectivity index (χ2v) is 4.33. The summed E-state index contributed by atoms with van der Waals surface area (Å²) in [7, 11) is 1.92. The Balaban J connectivity index is 2.39. The molecule has 0 bridgehead atoms. The highest BCUT2D eigenvalue weighted by Gasteiger charge is 2.07. The summed E-state index contributed by atoms with van der Waals surface area (Å²) in [5.41, 5.74) is 1.93. The standard InChI is InChI=1S/C15H17NO2/c1-4-12-9-13(17)15(10-16(12)3)18-14-8-6-5-7-11(14)2/h5-10H,4H2,1-3H3. The Bertz CT molecular complexity index is 614. The quantitative estimate of drug-likeness (QED) is 0.829. The van der Waals surface area contributed by atoms with Gasteiger partial charge in [0.15, 0.2) is 5.75 Å². The van der Waals surface area contributed by atoms with E-state index in [-0.39, 0.29) is 5.43 Å². The lowest BCUT2D eigenvalue weighted by Gasteiger charge is -2.11. The Hall–Kier alpha value is -2.03. The average Bonchev–Trinajstić information content (AvgIpc) is 2.36. The number of pyridine rings is 1. The van der Waals surface area contributed by atoms with E-state index in [0.29, 0.717) is 5.75 Å². The third-order valence-electron chi connectivity index (χ3n) is 2.98. The van der Waals surface area contributed by atoms with Crippen LogP contribution < -0.4 is 10.2 Å². The number of aryl methyl sites for hydroxylation is 3.